The van der Waals surface area contributed by atoms with E-state index in [1.165, 1.54) is 0 Å². The minimum absolute atomic E-state index is 0.0973. The molecule has 1 N–H and O–H groups in total. The van der Waals surface area contributed by atoms with Crippen molar-refractivity contribution in [3.63, 3.8) is 0 Å². The molecular formula is C22H16BrCl2N3O2. The third-order valence-electron chi connectivity index (χ3n) is 4.39. The number of benzene rings is 3. The number of anilines is 1. The molecule has 0 bridgehead atoms. The fourth-order valence-electron chi connectivity index (χ4n) is 3.06. The van der Waals surface area contributed by atoms with E-state index in [1.54, 1.807) is 18.2 Å². The Hall–Kier alpha value is -2.54. The largest absolute Gasteiger partial charge is 0.484 e. The van der Waals surface area contributed by atoms with Crippen LogP contribution in [0.15, 0.2) is 71.2 Å². The van der Waals surface area contributed by atoms with Crippen molar-refractivity contribution < 1.29 is 9.53 Å². The first-order chi connectivity index (χ1) is 14.5. The second-order valence-corrected chi connectivity index (χ2v) is 8.28. The third kappa shape index (κ3) is 4.78. The summed E-state index contributed by atoms with van der Waals surface area (Å²) in [6.45, 7) is 0.250. The van der Waals surface area contributed by atoms with Gasteiger partial charge >= 0.3 is 0 Å². The molecule has 5 nitrogen and oxygen atoms in total. The summed E-state index contributed by atoms with van der Waals surface area (Å²) in [5.41, 5.74) is 2.35. The van der Waals surface area contributed by atoms with E-state index >= 15 is 0 Å². The van der Waals surface area contributed by atoms with E-state index in [-0.39, 0.29) is 19.1 Å². The monoisotopic (exact) mass is 503 g/mol. The van der Waals surface area contributed by atoms with Gasteiger partial charge in [-0.1, -0.05) is 57.3 Å². The number of carbonyl (C=O) groups is 1. The molecule has 0 saturated heterocycles. The van der Waals surface area contributed by atoms with Crippen molar-refractivity contribution in [1.82, 2.24) is 9.55 Å². The summed E-state index contributed by atoms with van der Waals surface area (Å²) >= 11 is 15.5. The first kappa shape index (κ1) is 20.7. The van der Waals surface area contributed by atoms with E-state index in [1.807, 2.05) is 53.1 Å². The van der Waals surface area contributed by atoms with Crippen molar-refractivity contribution in [3.8, 4) is 5.75 Å². The van der Waals surface area contributed by atoms with Gasteiger partial charge in [-0.2, -0.15) is 0 Å². The van der Waals surface area contributed by atoms with Gasteiger partial charge < -0.3 is 14.6 Å². The number of fused-ring (bicyclic) bond motifs is 1. The van der Waals surface area contributed by atoms with Crippen molar-refractivity contribution >= 4 is 61.8 Å². The van der Waals surface area contributed by atoms with E-state index in [0.29, 0.717) is 27.3 Å². The van der Waals surface area contributed by atoms with Crippen LogP contribution in [0.5, 0.6) is 5.75 Å². The Morgan fingerprint density at radius 3 is 2.70 bits per heavy atom. The molecule has 0 radical (unpaired) electrons. The zero-order chi connectivity index (χ0) is 21.1. The van der Waals surface area contributed by atoms with Crippen LogP contribution in [0.4, 0.5) is 5.69 Å². The number of nitrogens with one attached hydrogen (secondary N) is 1. The van der Waals surface area contributed by atoms with Gasteiger partial charge in [-0.25, -0.2) is 4.98 Å². The Labute approximate surface area is 191 Å². The highest BCUT2D eigenvalue weighted by atomic mass is 79.9. The van der Waals surface area contributed by atoms with Crippen molar-refractivity contribution in [2.75, 3.05) is 5.32 Å². The summed E-state index contributed by atoms with van der Waals surface area (Å²) in [6, 6.07) is 20.1. The Kier molecular flexibility index (Phi) is 6.27. The number of amides is 1. The molecule has 3 aromatic carbocycles. The zero-order valence-electron chi connectivity index (χ0n) is 15.6. The molecule has 0 aliphatic rings. The van der Waals surface area contributed by atoms with E-state index in [4.69, 9.17) is 27.9 Å². The summed E-state index contributed by atoms with van der Waals surface area (Å²) in [5.74, 6) is 0.951. The molecule has 0 aliphatic carbocycles. The lowest BCUT2D eigenvalue weighted by molar-refractivity contribution is -0.116. The zero-order valence-corrected chi connectivity index (χ0v) is 18.7. The molecule has 1 heterocycles. The fourth-order valence-corrected chi connectivity index (χ4v) is 3.92. The summed E-state index contributed by atoms with van der Waals surface area (Å²) in [4.78, 5) is 17.3. The standard InChI is InChI=1S/C22H16BrCl2N3O2/c23-14-4-3-5-16(10-14)26-22(29)12-28-19-7-2-1-6-18(19)27-21(28)13-30-20-9-8-15(24)11-17(20)25/h1-11H,12-13H2,(H,26,29). The molecule has 1 aromatic heterocycles. The van der Waals surface area contributed by atoms with Crippen LogP contribution in [-0.4, -0.2) is 15.5 Å². The first-order valence-electron chi connectivity index (χ1n) is 9.07. The van der Waals surface area contributed by atoms with E-state index in [9.17, 15) is 4.79 Å². The quantitative estimate of drug-likeness (QED) is 0.334. The molecule has 0 aliphatic heterocycles. The van der Waals surface area contributed by atoms with Gasteiger partial charge in [0, 0.05) is 15.2 Å². The highest BCUT2D eigenvalue weighted by Crippen LogP contribution is 2.28. The van der Waals surface area contributed by atoms with Gasteiger partial charge in [0.15, 0.2) is 0 Å². The molecule has 0 fully saturated rings. The van der Waals surface area contributed by atoms with Crippen LogP contribution < -0.4 is 10.1 Å². The van der Waals surface area contributed by atoms with Crippen molar-refractivity contribution in [2.45, 2.75) is 13.2 Å². The summed E-state index contributed by atoms with van der Waals surface area (Å²) in [6.07, 6.45) is 0. The van der Waals surface area contributed by atoms with Crippen LogP contribution in [0.3, 0.4) is 0 Å². The lowest BCUT2D eigenvalue weighted by atomic mass is 10.3. The Bertz CT molecular complexity index is 1230. The van der Waals surface area contributed by atoms with Crippen molar-refractivity contribution in [3.05, 3.63) is 87.1 Å². The van der Waals surface area contributed by atoms with Gasteiger partial charge in [0.25, 0.3) is 0 Å². The van der Waals surface area contributed by atoms with Crippen molar-refractivity contribution in [1.29, 1.82) is 0 Å². The van der Waals surface area contributed by atoms with Crippen LogP contribution in [0.25, 0.3) is 11.0 Å². The van der Waals surface area contributed by atoms with Gasteiger partial charge in [0.1, 0.15) is 24.7 Å². The third-order valence-corrected chi connectivity index (χ3v) is 5.42. The second-order valence-electron chi connectivity index (χ2n) is 6.52. The molecule has 0 saturated carbocycles. The van der Waals surface area contributed by atoms with Gasteiger partial charge in [-0.05, 0) is 48.5 Å². The Morgan fingerprint density at radius 1 is 1.07 bits per heavy atom. The molecule has 0 spiro atoms. The average molecular weight is 505 g/mol. The van der Waals surface area contributed by atoms with Gasteiger partial charge in [0.05, 0.1) is 16.1 Å². The number of rotatable bonds is 6. The molecule has 152 valence electrons. The number of hydrogen-bond acceptors (Lipinski definition) is 3. The minimum Gasteiger partial charge on any atom is -0.484 e. The fraction of sp³-hybridized carbons (Fsp3) is 0.0909. The Morgan fingerprint density at radius 2 is 1.90 bits per heavy atom. The molecule has 4 rings (SSSR count). The van der Waals surface area contributed by atoms with E-state index in [2.05, 4.69) is 26.2 Å². The molecule has 0 atom stereocenters. The predicted octanol–water partition coefficient (Wildman–Crippen LogP) is 6.32. The molecular weight excluding hydrogens is 489 g/mol. The van der Waals surface area contributed by atoms with Gasteiger partial charge in [0.2, 0.25) is 5.91 Å². The SMILES string of the molecule is O=C(Cn1c(COc2ccc(Cl)cc2Cl)nc2ccccc21)Nc1cccc(Br)c1. The second kappa shape index (κ2) is 9.08. The lowest BCUT2D eigenvalue weighted by Crippen LogP contribution is -2.20. The Balaban J connectivity index is 1.57. The smallest absolute Gasteiger partial charge is 0.244 e. The topological polar surface area (TPSA) is 56.2 Å². The van der Waals surface area contributed by atoms with E-state index < -0.39 is 0 Å². The minimum atomic E-state index is -0.165. The number of ether oxygens (including phenoxy) is 1. The average Bonchev–Trinajstić information content (AvgIpc) is 3.05. The highest BCUT2D eigenvalue weighted by Gasteiger charge is 2.15. The van der Waals surface area contributed by atoms with Crippen LogP contribution in [-0.2, 0) is 17.9 Å². The molecule has 8 heteroatoms. The number of nitrogens with zero attached hydrogens (tertiary/aromatic N) is 2. The van der Waals surface area contributed by atoms with Crippen LogP contribution in [0.2, 0.25) is 10.0 Å². The normalized spacial score (nSPS) is 10.9. The van der Waals surface area contributed by atoms with Gasteiger partial charge in [-0.15, -0.1) is 0 Å². The number of halogens is 3. The number of imidazole rings is 1. The molecule has 30 heavy (non-hydrogen) atoms. The van der Waals surface area contributed by atoms with Crippen LogP contribution >= 0.6 is 39.1 Å². The maximum absolute atomic E-state index is 12.7. The number of hydrogen-bond donors (Lipinski definition) is 1. The van der Waals surface area contributed by atoms with Crippen LogP contribution in [0.1, 0.15) is 5.82 Å². The number of carbonyl (C=O) groups excluding carboxylic acids is 1. The maximum atomic E-state index is 12.7. The lowest BCUT2D eigenvalue weighted by Gasteiger charge is -2.12. The molecule has 1 amide bonds. The summed E-state index contributed by atoms with van der Waals surface area (Å²) < 4.78 is 8.58. The summed E-state index contributed by atoms with van der Waals surface area (Å²) in [7, 11) is 0. The predicted molar refractivity (Wildman–Crippen MR) is 123 cm³/mol. The first-order valence-corrected chi connectivity index (χ1v) is 10.6. The molecule has 4 aromatic rings. The molecule has 0 unspecified atom stereocenters. The summed E-state index contributed by atoms with van der Waals surface area (Å²) in [5, 5.41) is 3.85. The van der Waals surface area contributed by atoms with Crippen molar-refractivity contribution in [2.24, 2.45) is 0 Å². The highest BCUT2D eigenvalue weighted by molar-refractivity contribution is 9.10. The van der Waals surface area contributed by atoms with E-state index in [0.717, 1.165) is 15.5 Å². The van der Waals surface area contributed by atoms with Crippen LogP contribution in [0, 0.1) is 0 Å². The van der Waals surface area contributed by atoms with Gasteiger partial charge in [-0.3, -0.25) is 4.79 Å². The number of aromatic nitrogens is 2. The number of para-hydroxylation sites is 2. The maximum Gasteiger partial charge on any atom is 0.244 e.